The van der Waals surface area contributed by atoms with Crippen LogP contribution in [0.1, 0.15) is 25.1 Å². The Hall–Kier alpha value is -3.20. The number of nitrogens with one attached hydrogen (secondary N) is 2. The van der Waals surface area contributed by atoms with Crippen molar-refractivity contribution in [3.05, 3.63) is 29.6 Å². The van der Waals surface area contributed by atoms with Crippen molar-refractivity contribution < 1.29 is 9.90 Å². The van der Waals surface area contributed by atoms with E-state index in [0.717, 1.165) is 37.3 Å². The number of pyridine rings is 1. The average molecular weight is 395 g/mol. The maximum atomic E-state index is 11.9. The van der Waals surface area contributed by atoms with Crippen LogP contribution in [0.15, 0.2) is 23.3 Å². The monoisotopic (exact) mass is 395 g/mol. The van der Waals surface area contributed by atoms with Crippen LogP contribution in [0.25, 0.3) is 11.6 Å². The number of rotatable bonds is 5. The number of aromatic nitrogens is 3. The number of amides is 1. The first-order chi connectivity index (χ1) is 14.0. The lowest BCUT2D eigenvalue weighted by Gasteiger charge is -2.34. The Morgan fingerprint density at radius 2 is 2.14 bits per heavy atom. The van der Waals surface area contributed by atoms with E-state index in [9.17, 15) is 9.90 Å². The van der Waals surface area contributed by atoms with Crippen molar-refractivity contribution in [1.29, 1.82) is 0 Å². The van der Waals surface area contributed by atoms with Gasteiger partial charge in [-0.25, -0.2) is 9.98 Å². The van der Waals surface area contributed by atoms with E-state index in [4.69, 9.17) is 0 Å². The van der Waals surface area contributed by atoms with Gasteiger partial charge in [0, 0.05) is 55.8 Å². The molecule has 152 valence electrons. The molecule has 0 unspecified atom stereocenters. The summed E-state index contributed by atoms with van der Waals surface area (Å²) >= 11 is 0. The Morgan fingerprint density at radius 1 is 1.34 bits per heavy atom. The molecule has 4 rings (SSSR count). The quantitative estimate of drug-likeness (QED) is 0.706. The number of aliphatic imine (C=N–C) groups is 1. The van der Waals surface area contributed by atoms with Crippen LogP contribution in [0.2, 0.25) is 0 Å². The van der Waals surface area contributed by atoms with Gasteiger partial charge in [0.2, 0.25) is 17.7 Å². The SMILES string of the molecule is CC(C)NC(=O)CN1CCN(c2nc(O)c(/C=C3\C=Nc4ncccc43)[nH]2)CC1. The fourth-order valence-electron chi connectivity index (χ4n) is 3.50. The van der Waals surface area contributed by atoms with E-state index in [1.54, 1.807) is 12.4 Å². The number of hydrogen-bond acceptors (Lipinski definition) is 7. The van der Waals surface area contributed by atoms with Crippen molar-refractivity contribution in [2.45, 2.75) is 19.9 Å². The highest BCUT2D eigenvalue weighted by molar-refractivity contribution is 6.20. The first-order valence-electron chi connectivity index (χ1n) is 9.76. The largest absolute Gasteiger partial charge is 0.492 e. The van der Waals surface area contributed by atoms with Crippen molar-refractivity contribution in [3.63, 3.8) is 0 Å². The normalized spacial score (nSPS) is 17.9. The summed E-state index contributed by atoms with van der Waals surface area (Å²) in [6, 6.07) is 3.96. The molecular weight excluding hydrogens is 370 g/mol. The number of hydrogen-bond donors (Lipinski definition) is 3. The number of fused-ring (bicyclic) bond motifs is 1. The Labute approximate surface area is 169 Å². The Balaban J connectivity index is 1.40. The number of piperazine rings is 1. The number of H-pyrrole nitrogens is 1. The minimum atomic E-state index is -0.0445. The molecular formula is C20H25N7O2. The molecule has 3 N–H and O–H groups in total. The number of allylic oxidation sites excluding steroid dienone is 1. The lowest BCUT2D eigenvalue weighted by atomic mass is 10.1. The highest BCUT2D eigenvalue weighted by atomic mass is 16.3. The van der Waals surface area contributed by atoms with Crippen LogP contribution in [0.3, 0.4) is 0 Å². The van der Waals surface area contributed by atoms with Gasteiger partial charge in [-0.3, -0.25) is 9.69 Å². The van der Waals surface area contributed by atoms with E-state index in [-0.39, 0.29) is 17.8 Å². The van der Waals surface area contributed by atoms with Crippen molar-refractivity contribution >= 4 is 35.5 Å². The van der Waals surface area contributed by atoms with Gasteiger partial charge in [-0.05, 0) is 32.1 Å². The molecule has 0 bridgehead atoms. The number of aromatic amines is 1. The highest BCUT2D eigenvalue weighted by Gasteiger charge is 2.22. The van der Waals surface area contributed by atoms with Gasteiger partial charge in [0.1, 0.15) is 5.69 Å². The first-order valence-corrected chi connectivity index (χ1v) is 9.76. The third kappa shape index (κ3) is 4.29. The number of imidazole rings is 1. The standard InChI is InChI=1S/C20H25N7O2/c1-13(2)23-17(28)12-26-6-8-27(9-7-26)20-24-16(19(29)25-20)10-14-11-22-18-15(14)4-3-5-21-18/h3-5,10-11,13,29H,6-9,12H2,1-2H3,(H,23,28)(H,24,25)/b14-10+. The molecule has 0 spiro atoms. The van der Waals surface area contributed by atoms with Crippen molar-refractivity contribution in [2.75, 3.05) is 37.6 Å². The Kier molecular flexibility index (Phi) is 5.30. The number of nitrogens with zero attached hydrogens (tertiary/aromatic N) is 5. The van der Waals surface area contributed by atoms with Crippen molar-refractivity contribution in [2.24, 2.45) is 4.99 Å². The molecule has 2 aromatic rings. The van der Waals surface area contributed by atoms with Gasteiger partial charge in [-0.1, -0.05) is 0 Å². The maximum Gasteiger partial charge on any atom is 0.238 e. The molecule has 1 amide bonds. The molecule has 9 nitrogen and oxygen atoms in total. The fourth-order valence-corrected chi connectivity index (χ4v) is 3.50. The molecule has 0 aromatic carbocycles. The molecule has 2 aliphatic rings. The molecule has 9 heteroatoms. The zero-order chi connectivity index (χ0) is 20.4. The molecule has 2 aliphatic heterocycles. The fraction of sp³-hybridized carbons (Fsp3) is 0.400. The Bertz CT molecular complexity index is 955. The summed E-state index contributed by atoms with van der Waals surface area (Å²) in [5.74, 6) is 1.31. The lowest BCUT2D eigenvalue weighted by molar-refractivity contribution is -0.122. The molecule has 0 saturated carbocycles. The summed E-state index contributed by atoms with van der Waals surface area (Å²) in [6.07, 6.45) is 5.27. The van der Waals surface area contributed by atoms with Gasteiger partial charge in [-0.15, -0.1) is 0 Å². The molecule has 1 saturated heterocycles. The van der Waals surface area contributed by atoms with E-state index in [1.165, 1.54) is 0 Å². The second kappa shape index (κ2) is 8.04. The second-order valence-corrected chi connectivity index (χ2v) is 7.52. The van der Waals surface area contributed by atoms with Crippen LogP contribution in [-0.2, 0) is 4.79 Å². The van der Waals surface area contributed by atoms with Gasteiger partial charge >= 0.3 is 0 Å². The topological polar surface area (TPSA) is 110 Å². The number of anilines is 1. The van der Waals surface area contributed by atoms with E-state index >= 15 is 0 Å². The summed E-state index contributed by atoms with van der Waals surface area (Å²) in [7, 11) is 0. The lowest BCUT2D eigenvalue weighted by Crippen LogP contribution is -2.50. The van der Waals surface area contributed by atoms with E-state index < -0.39 is 0 Å². The minimum absolute atomic E-state index is 0.0445. The van der Waals surface area contributed by atoms with Gasteiger partial charge < -0.3 is 20.3 Å². The summed E-state index contributed by atoms with van der Waals surface area (Å²) in [4.78, 5) is 32.1. The van der Waals surface area contributed by atoms with E-state index in [0.29, 0.717) is 24.0 Å². The van der Waals surface area contributed by atoms with Gasteiger partial charge in [-0.2, -0.15) is 4.98 Å². The number of carbonyl (C=O) groups is 1. The summed E-state index contributed by atoms with van der Waals surface area (Å²) in [6.45, 7) is 7.29. The van der Waals surface area contributed by atoms with E-state index in [1.807, 2.05) is 32.1 Å². The van der Waals surface area contributed by atoms with Crippen LogP contribution >= 0.6 is 0 Å². The molecule has 1 fully saturated rings. The third-order valence-corrected chi connectivity index (χ3v) is 4.91. The van der Waals surface area contributed by atoms with Crippen LogP contribution < -0.4 is 10.2 Å². The number of aromatic hydroxyl groups is 1. The van der Waals surface area contributed by atoms with Crippen LogP contribution in [0.5, 0.6) is 5.88 Å². The maximum absolute atomic E-state index is 11.9. The smallest absolute Gasteiger partial charge is 0.238 e. The molecule has 2 aromatic heterocycles. The van der Waals surface area contributed by atoms with Crippen molar-refractivity contribution in [3.8, 4) is 5.88 Å². The zero-order valence-electron chi connectivity index (χ0n) is 16.6. The van der Waals surface area contributed by atoms with E-state index in [2.05, 4.69) is 35.1 Å². The molecule has 29 heavy (non-hydrogen) atoms. The summed E-state index contributed by atoms with van der Waals surface area (Å²) in [5, 5.41) is 13.2. The van der Waals surface area contributed by atoms with Crippen LogP contribution in [-0.4, -0.2) is 75.8 Å². The summed E-state index contributed by atoms with van der Waals surface area (Å²) in [5.41, 5.74) is 2.34. The molecule has 0 atom stereocenters. The highest BCUT2D eigenvalue weighted by Crippen LogP contribution is 2.32. The minimum Gasteiger partial charge on any atom is -0.492 e. The first kappa shape index (κ1) is 19.1. The zero-order valence-corrected chi connectivity index (χ0v) is 16.6. The Morgan fingerprint density at radius 3 is 2.90 bits per heavy atom. The molecule has 0 radical (unpaired) electrons. The number of carbonyl (C=O) groups excluding carboxylic acids is 1. The third-order valence-electron chi connectivity index (χ3n) is 4.91. The van der Waals surface area contributed by atoms with Gasteiger partial charge in [0.05, 0.1) is 6.54 Å². The predicted molar refractivity (Wildman–Crippen MR) is 112 cm³/mol. The second-order valence-electron chi connectivity index (χ2n) is 7.52. The van der Waals surface area contributed by atoms with Crippen LogP contribution in [0.4, 0.5) is 11.8 Å². The average Bonchev–Trinajstić information content (AvgIpc) is 3.26. The predicted octanol–water partition coefficient (Wildman–Crippen LogP) is 1.41. The van der Waals surface area contributed by atoms with Gasteiger partial charge in [0.25, 0.3) is 0 Å². The van der Waals surface area contributed by atoms with Gasteiger partial charge in [0.15, 0.2) is 5.82 Å². The summed E-state index contributed by atoms with van der Waals surface area (Å²) < 4.78 is 0. The van der Waals surface area contributed by atoms with Crippen molar-refractivity contribution in [1.82, 2.24) is 25.2 Å². The van der Waals surface area contributed by atoms with Crippen LogP contribution in [0, 0.1) is 0 Å². The molecule has 4 heterocycles. The molecule has 0 aliphatic carbocycles.